The molecule has 1 atom stereocenters. The van der Waals surface area contributed by atoms with E-state index in [1.54, 1.807) is 6.20 Å². The second-order valence-electron chi connectivity index (χ2n) is 5.55. The number of nitrogens with one attached hydrogen (secondary N) is 1. The molecule has 1 unspecified atom stereocenters. The molecule has 1 heterocycles. The van der Waals surface area contributed by atoms with Gasteiger partial charge in [-0.05, 0) is 31.6 Å². The van der Waals surface area contributed by atoms with E-state index < -0.39 is 0 Å². The fourth-order valence-electron chi connectivity index (χ4n) is 2.33. The van der Waals surface area contributed by atoms with E-state index in [1.165, 1.54) is 6.42 Å². The molecule has 4 nitrogen and oxygen atoms in total. The fraction of sp³-hybridized carbons (Fsp3) is 0.733. The number of rotatable bonds is 5. The monoisotopic (exact) mass is 263 g/mol. The highest BCUT2D eigenvalue weighted by Gasteiger charge is 2.20. The van der Waals surface area contributed by atoms with Gasteiger partial charge in [0.05, 0.1) is 0 Å². The zero-order chi connectivity index (χ0) is 14.3. The normalized spacial score (nSPS) is 20.3. The summed E-state index contributed by atoms with van der Waals surface area (Å²) in [6.45, 7) is 7.78. The minimum atomic E-state index is -0.253. The van der Waals surface area contributed by atoms with Gasteiger partial charge in [-0.2, -0.15) is 5.26 Å². The molecule has 0 radical (unpaired) electrons. The Bertz CT molecular complexity index is 368. The molecule has 0 aromatic rings. The minimum absolute atomic E-state index is 0.223. The molecule has 0 spiro atoms. The molecule has 106 valence electrons. The van der Waals surface area contributed by atoms with Gasteiger partial charge in [-0.15, -0.1) is 0 Å². The Morgan fingerprint density at radius 3 is 2.84 bits per heavy atom. The summed E-state index contributed by atoms with van der Waals surface area (Å²) in [5.41, 5.74) is 0.223. The van der Waals surface area contributed by atoms with Crippen LogP contribution in [0.4, 0.5) is 0 Å². The predicted octanol–water partition coefficient (Wildman–Crippen LogP) is 2.43. The lowest BCUT2D eigenvalue weighted by Gasteiger charge is -2.34. The molecule has 1 saturated heterocycles. The summed E-state index contributed by atoms with van der Waals surface area (Å²) in [4.78, 5) is 14.1. The van der Waals surface area contributed by atoms with E-state index in [-0.39, 0.29) is 11.5 Å². The van der Waals surface area contributed by atoms with Crippen LogP contribution in [0.3, 0.4) is 0 Å². The van der Waals surface area contributed by atoms with Crippen LogP contribution in [-0.2, 0) is 4.79 Å². The quantitative estimate of drug-likeness (QED) is 0.612. The molecule has 1 aliphatic heterocycles. The Kier molecular flexibility index (Phi) is 6.41. The van der Waals surface area contributed by atoms with Crippen LogP contribution in [0.1, 0.15) is 46.5 Å². The fourth-order valence-corrected chi connectivity index (χ4v) is 2.33. The first-order chi connectivity index (χ1) is 9.08. The Hall–Kier alpha value is -1.50. The summed E-state index contributed by atoms with van der Waals surface area (Å²) in [5.74, 6) is 0.138. The highest BCUT2D eigenvalue weighted by atomic mass is 16.1. The lowest BCUT2D eigenvalue weighted by molar-refractivity contribution is -0.117. The van der Waals surface area contributed by atoms with E-state index in [4.69, 9.17) is 5.26 Å². The van der Waals surface area contributed by atoms with Crippen molar-refractivity contribution in [2.75, 3.05) is 13.1 Å². The maximum atomic E-state index is 11.9. The first-order valence-corrected chi connectivity index (χ1v) is 7.24. The third-order valence-corrected chi connectivity index (χ3v) is 3.47. The van der Waals surface area contributed by atoms with Crippen molar-refractivity contribution in [2.45, 2.75) is 52.5 Å². The average Bonchev–Trinajstić information content (AvgIpc) is 2.42. The molecule has 0 aliphatic carbocycles. The molecule has 1 aliphatic rings. The molecular formula is C15H25N3O. The van der Waals surface area contributed by atoms with E-state index in [0.717, 1.165) is 25.8 Å². The van der Waals surface area contributed by atoms with E-state index in [1.807, 2.05) is 19.9 Å². The summed E-state index contributed by atoms with van der Waals surface area (Å²) in [6.07, 6.45) is 6.34. The average molecular weight is 263 g/mol. The second-order valence-corrected chi connectivity index (χ2v) is 5.55. The van der Waals surface area contributed by atoms with Crippen LogP contribution in [0.15, 0.2) is 11.8 Å². The summed E-state index contributed by atoms with van der Waals surface area (Å²) in [7, 11) is 0. The maximum Gasteiger partial charge on any atom is 0.263 e. The number of piperidine rings is 1. The van der Waals surface area contributed by atoms with E-state index in [2.05, 4.69) is 17.1 Å². The van der Waals surface area contributed by atoms with Crippen molar-refractivity contribution in [1.29, 1.82) is 5.26 Å². The van der Waals surface area contributed by atoms with Crippen molar-refractivity contribution in [3.05, 3.63) is 11.8 Å². The van der Waals surface area contributed by atoms with E-state index in [0.29, 0.717) is 18.5 Å². The van der Waals surface area contributed by atoms with Crippen LogP contribution in [0, 0.1) is 17.2 Å². The molecule has 0 aromatic carbocycles. The highest BCUT2D eigenvalue weighted by Crippen LogP contribution is 2.20. The zero-order valence-electron chi connectivity index (χ0n) is 12.3. The van der Waals surface area contributed by atoms with Gasteiger partial charge in [-0.25, -0.2) is 0 Å². The predicted molar refractivity (Wildman–Crippen MR) is 76.2 cm³/mol. The van der Waals surface area contributed by atoms with Gasteiger partial charge < -0.3 is 10.2 Å². The van der Waals surface area contributed by atoms with Gasteiger partial charge in [0.2, 0.25) is 0 Å². The van der Waals surface area contributed by atoms with Gasteiger partial charge in [-0.3, -0.25) is 4.79 Å². The van der Waals surface area contributed by atoms with E-state index in [9.17, 15) is 4.79 Å². The first kappa shape index (κ1) is 15.6. The number of carbonyl (C=O) groups excluding carboxylic acids is 1. The molecule has 0 bridgehead atoms. The SMILES string of the molecule is CCC1CCCCN1/C=C(/C#N)C(=O)NCC(C)C. The lowest BCUT2D eigenvalue weighted by Crippen LogP contribution is -2.36. The van der Waals surface area contributed by atoms with Crippen molar-refractivity contribution >= 4 is 5.91 Å². The summed E-state index contributed by atoms with van der Waals surface area (Å²) in [5, 5.41) is 11.9. The number of amides is 1. The van der Waals surface area contributed by atoms with E-state index >= 15 is 0 Å². The molecule has 1 rings (SSSR count). The van der Waals surface area contributed by atoms with Crippen LogP contribution >= 0.6 is 0 Å². The smallest absolute Gasteiger partial charge is 0.263 e. The highest BCUT2D eigenvalue weighted by molar-refractivity contribution is 5.97. The lowest BCUT2D eigenvalue weighted by atomic mass is 10.0. The summed E-state index contributed by atoms with van der Waals surface area (Å²) >= 11 is 0. The molecule has 1 amide bonds. The van der Waals surface area contributed by atoms with Crippen molar-refractivity contribution in [1.82, 2.24) is 10.2 Å². The van der Waals surface area contributed by atoms with Crippen LogP contribution in [0.2, 0.25) is 0 Å². The van der Waals surface area contributed by atoms with Gasteiger partial charge in [-0.1, -0.05) is 20.8 Å². The summed E-state index contributed by atoms with van der Waals surface area (Å²) in [6, 6.07) is 2.49. The zero-order valence-corrected chi connectivity index (χ0v) is 12.3. The topological polar surface area (TPSA) is 56.1 Å². The number of nitriles is 1. The molecule has 0 saturated carbocycles. The van der Waals surface area contributed by atoms with Gasteiger partial charge in [0, 0.05) is 25.3 Å². The second kappa shape index (κ2) is 7.83. The van der Waals surface area contributed by atoms with Gasteiger partial charge >= 0.3 is 0 Å². The molecule has 1 N–H and O–H groups in total. The van der Waals surface area contributed by atoms with Gasteiger partial charge in [0.25, 0.3) is 5.91 Å². The third-order valence-electron chi connectivity index (χ3n) is 3.47. The molecular weight excluding hydrogens is 238 g/mol. The standard InChI is InChI=1S/C15H25N3O/c1-4-14-7-5-6-8-18(14)11-13(9-16)15(19)17-10-12(2)3/h11-12,14H,4-8,10H2,1-3H3,(H,17,19)/b13-11-. The Labute approximate surface area is 116 Å². The molecule has 0 aromatic heterocycles. The van der Waals surface area contributed by atoms with Crippen molar-refractivity contribution in [3.63, 3.8) is 0 Å². The Balaban J connectivity index is 2.69. The van der Waals surface area contributed by atoms with Crippen molar-refractivity contribution in [2.24, 2.45) is 5.92 Å². The number of carbonyl (C=O) groups is 1. The van der Waals surface area contributed by atoms with Gasteiger partial charge in [0.15, 0.2) is 0 Å². The minimum Gasteiger partial charge on any atom is -0.373 e. The largest absolute Gasteiger partial charge is 0.373 e. The number of hydrogen-bond donors (Lipinski definition) is 1. The Morgan fingerprint density at radius 1 is 1.53 bits per heavy atom. The molecule has 19 heavy (non-hydrogen) atoms. The van der Waals surface area contributed by atoms with Crippen molar-refractivity contribution < 1.29 is 4.79 Å². The first-order valence-electron chi connectivity index (χ1n) is 7.24. The Morgan fingerprint density at radius 2 is 2.26 bits per heavy atom. The van der Waals surface area contributed by atoms with Crippen LogP contribution in [-0.4, -0.2) is 29.9 Å². The number of nitrogens with zero attached hydrogens (tertiary/aromatic N) is 2. The van der Waals surface area contributed by atoms with Crippen LogP contribution < -0.4 is 5.32 Å². The number of likely N-dealkylation sites (tertiary alicyclic amines) is 1. The summed E-state index contributed by atoms with van der Waals surface area (Å²) < 4.78 is 0. The van der Waals surface area contributed by atoms with Crippen molar-refractivity contribution in [3.8, 4) is 6.07 Å². The maximum absolute atomic E-state index is 11.9. The van der Waals surface area contributed by atoms with Crippen LogP contribution in [0.25, 0.3) is 0 Å². The molecule has 1 fully saturated rings. The molecule has 4 heteroatoms. The van der Waals surface area contributed by atoms with Gasteiger partial charge in [0.1, 0.15) is 11.6 Å². The number of hydrogen-bond acceptors (Lipinski definition) is 3. The third kappa shape index (κ3) is 4.94. The van der Waals surface area contributed by atoms with Crippen LogP contribution in [0.5, 0.6) is 0 Å².